The van der Waals surface area contributed by atoms with Gasteiger partial charge >= 0.3 is 5.97 Å². The quantitative estimate of drug-likeness (QED) is 0.659. The highest BCUT2D eigenvalue weighted by atomic mass is 16.4. The maximum atomic E-state index is 12.1. The Balaban J connectivity index is 2.45. The molecule has 0 bridgehead atoms. The minimum atomic E-state index is -0.838. The minimum Gasteiger partial charge on any atom is -0.481 e. The van der Waals surface area contributed by atoms with Crippen molar-refractivity contribution in [1.29, 1.82) is 0 Å². The van der Waals surface area contributed by atoms with Gasteiger partial charge in [-0.1, -0.05) is 25.0 Å². The molecule has 0 atom stereocenters. The Morgan fingerprint density at radius 2 is 2.05 bits per heavy atom. The molecular weight excluding hydrogens is 254 g/mol. The molecule has 1 aliphatic rings. The summed E-state index contributed by atoms with van der Waals surface area (Å²) in [7, 11) is 0. The van der Waals surface area contributed by atoms with Crippen LogP contribution in [0.15, 0.2) is 11.6 Å². The molecule has 4 heteroatoms. The van der Waals surface area contributed by atoms with Crippen LogP contribution in [0.5, 0.6) is 0 Å². The van der Waals surface area contributed by atoms with E-state index in [-0.39, 0.29) is 12.3 Å². The van der Waals surface area contributed by atoms with Gasteiger partial charge in [-0.05, 0) is 38.5 Å². The molecule has 4 nitrogen and oxygen atoms in total. The normalized spacial score (nSPS) is 14.8. The fourth-order valence-corrected chi connectivity index (χ4v) is 2.49. The Labute approximate surface area is 121 Å². The maximum absolute atomic E-state index is 12.1. The second-order valence-corrected chi connectivity index (χ2v) is 5.49. The van der Waals surface area contributed by atoms with E-state index in [2.05, 4.69) is 13.0 Å². The number of aliphatic carboxylic acids is 1. The molecule has 114 valence electrons. The van der Waals surface area contributed by atoms with E-state index < -0.39 is 5.97 Å². The Hall–Kier alpha value is -1.32. The zero-order valence-corrected chi connectivity index (χ0v) is 12.6. The van der Waals surface area contributed by atoms with Crippen LogP contribution >= 0.6 is 0 Å². The van der Waals surface area contributed by atoms with Crippen molar-refractivity contribution < 1.29 is 14.7 Å². The Bertz CT molecular complexity index is 350. The smallest absolute Gasteiger partial charge is 0.305 e. The largest absolute Gasteiger partial charge is 0.481 e. The summed E-state index contributed by atoms with van der Waals surface area (Å²) in [5, 5.41) is 8.79. The molecule has 0 aromatic heterocycles. The molecule has 0 aromatic rings. The van der Waals surface area contributed by atoms with Gasteiger partial charge in [-0.2, -0.15) is 0 Å². The Morgan fingerprint density at radius 3 is 2.65 bits per heavy atom. The van der Waals surface area contributed by atoms with E-state index in [1.165, 1.54) is 18.4 Å². The van der Waals surface area contributed by atoms with Crippen molar-refractivity contribution in [1.82, 2.24) is 4.90 Å². The molecule has 1 N–H and O–H groups in total. The number of hydrogen-bond donors (Lipinski definition) is 1. The third kappa shape index (κ3) is 6.73. The lowest BCUT2D eigenvalue weighted by molar-refractivity contribution is -0.138. The first kappa shape index (κ1) is 16.7. The van der Waals surface area contributed by atoms with Gasteiger partial charge in [0, 0.05) is 19.5 Å². The summed E-state index contributed by atoms with van der Waals surface area (Å²) >= 11 is 0. The zero-order chi connectivity index (χ0) is 14.8. The monoisotopic (exact) mass is 281 g/mol. The van der Waals surface area contributed by atoms with Gasteiger partial charge in [0.25, 0.3) is 0 Å². The number of amides is 1. The van der Waals surface area contributed by atoms with Gasteiger partial charge < -0.3 is 10.0 Å². The summed E-state index contributed by atoms with van der Waals surface area (Å²) in [6, 6.07) is 0. The molecule has 0 radical (unpaired) electrons. The summed E-state index contributed by atoms with van der Waals surface area (Å²) in [6.45, 7) is 3.06. The minimum absolute atomic E-state index is 0.0386. The molecular formula is C16H27NO3. The highest BCUT2D eigenvalue weighted by Gasteiger charge is 2.15. The third-order valence-corrected chi connectivity index (χ3v) is 3.78. The highest BCUT2D eigenvalue weighted by molar-refractivity contribution is 5.77. The van der Waals surface area contributed by atoms with Crippen LogP contribution in [0.1, 0.15) is 64.7 Å². The molecule has 0 heterocycles. The van der Waals surface area contributed by atoms with Crippen LogP contribution in [-0.4, -0.2) is 35.0 Å². The molecule has 0 fully saturated rings. The molecule has 1 aliphatic carbocycles. The molecule has 0 aliphatic heterocycles. The van der Waals surface area contributed by atoms with Crippen LogP contribution in [0.3, 0.4) is 0 Å². The summed E-state index contributed by atoms with van der Waals surface area (Å²) < 4.78 is 0. The third-order valence-electron chi connectivity index (χ3n) is 3.78. The van der Waals surface area contributed by atoms with Crippen molar-refractivity contribution in [2.75, 3.05) is 13.1 Å². The Kier molecular flexibility index (Phi) is 8.00. The van der Waals surface area contributed by atoms with Crippen LogP contribution in [0.2, 0.25) is 0 Å². The van der Waals surface area contributed by atoms with Gasteiger partial charge in [-0.3, -0.25) is 9.59 Å². The van der Waals surface area contributed by atoms with Gasteiger partial charge in [0.15, 0.2) is 0 Å². The van der Waals surface area contributed by atoms with Crippen molar-refractivity contribution in [3.8, 4) is 0 Å². The molecule has 0 saturated heterocycles. The molecule has 1 rings (SSSR count). The number of carboxylic acids is 1. The topological polar surface area (TPSA) is 57.6 Å². The number of allylic oxidation sites excluding steroid dienone is 1. The predicted octanol–water partition coefficient (Wildman–Crippen LogP) is 3.37. The fraction of sp³-hybridized carbons (Fsp3) is 0.750. The van der Waals surface area contributed by atoms with E-state index in [1.54, 1.807) is 4.90 Å². The van der Waals surface area contributed by atoms with Crippen LogP contribution in [0, 0.1) is 0 Å². The average molecular weight is 281 g/mol. The number of carboxylic acid groups (broad SMARTS) is 1. The van der Waals surface area contributed by atoms with Gasteiger partial charge in [0.05, 0.1) is 6.42 Å². The molecule has 20 heavy (non-hydrogen) atoms. The van der Waals surface area contributed by atoms with E-state index >= 15 is 0 Å². The SMILES string of the molecule is CCCCC(=O)N(CCC(=O)O)CCC1=CCCCC1. The zero-order valence-electron chi connectivity index (χ0n) is 12.6. The summed E-state index contributed by atoms with van der Waals surface area (Å²) in [5.74, 6) is -0.736. The van der Waals surface area contributed by atoms with Crippen LogP contribution in [0.25, 0.3) is 0 Å². The van der Waals surface area contributed by atoms with Crippen molar-refractivity contribution in [2.24, 2.45) is 0 Å². The molecule has 1 amide bonds. The molecule has 0 aromatic carbocycles. The summed E-state index contributed by atoms with van der Waals surface area (Å²) in [5.41, 5.74) is 1.43. The van der Waals surface area contributed by atoms with E-state index in [0.717, 1.165) is 32.1 Å². The lowest BCUT2D eigenvalue weighted by Crippen LogP contribution is -2.34. The molecule has 0 spiro atoms. The van der Waals surface area contributed by atoms with Gasteiger partial charge in [-0.25, -0.2) is 0 Å². The first-order chi connectivity index (χ1) is 9.63. The van der Waals surface area contributed by atoms with Gasteiger partial charge in [-0.15, -0.1) is 0 Å². The van der Waals surface area contributed by atoms with Crippen LogP contribution in [0.4, 0.5) is 0 Å². The first-order valence-corrected chi connectivity index (χ1v) is 7.81. The highest BCUT2D eigenvalue weighted by Crippen LogP contribution is 2.20. The number of rotatable bonds is 9. The predicted molar refractivity (Wildman–Crippen MR) is 79.5 cm³/mol. The lowest BCUT2D eigenvalue weighted by atomic mass is 9.97. The first-order valence-electron chi connectivity index (χ1n) is 7.81. The second-order valence-electron chi connectivity index (χ2n) is 5.49. The number of hydrogen-bond acceptors (Lipinski definition) is 2. The van der Waals surface area contributed by atoms with Gasteiger partial charge in [0.2, 0.25) is 5.91 Å². The van der Waals surface area contributed by atoms with E-state index in [0.29, 0.717) is 19.5 Å². The van der Waals surface area contributed by atoms with Crippen molar-refractivity contribution >= 4 is 11.9 Å². The van der Waals surface area contributed by atoms with Gasteiger partial charge in [0.1, 0.15) is 0 Å². The van der Waals surface area contributed by atoms with Crippen molar-refractivity contribution in [3.63, 3.8) is 0 Å². The number of unbranched alkanes of at least 4 members (excludes halogenated alkanes) is 1. The van der Waals surface area contributed by atoms with E-state index in [9.17, 15) is 9.59 Å². The number of nitrogens with zero attached hydrogens (tertiary/aromatic N) is 1. The fourth-order valence-electron chi connectivity index (χ4n) is 2.49. The maximum Gasteiger partial charge on any atom is 0.305 e. The Morgan fingerprint density at radius 1 is 1.25 bits per heavy atom. The van der Waals surface area contributed by atoms with E-state index in [1.807, 2.05) is 0 Å². The van der Waals surface area contributed by atoms with E-state index in [4.69, 9.17) is 5.11 Å². The summed E-state index contributed by atoms with van der Waals surface area (Å²) in [6.07, 6.45) is 10.4. The standard InChI is InChI=1S/C16H27NO3/c1-2-3-9-15(18)17(13-11-16(19)20)12-10-14-7-5-4-6-8-14/h7H,2-6,8-13H2,1H3,(H,19,20). The number of carbonyl (C=O) groups excluding carboxylic acids is 1. The van der Waals surface area contributed by atoms with Crippen molar-refractivity contribution in [3.05, 3.63) is 11.6 Å². The summed E-state index contributed by atoms with van der Waals surface area (Å²) in [4.78, 5) is 24.5. The molecule has 0 unspecified atom stereocenters. The second kappa shape index (κ2) is 9.56. The van der Waals surface area contributed by atoms with Crippen LogP contribution < -0.4 is 0 Å². The number of carbonyl (C=O) groups is 2. The van der Waals surface area contributed by atoms with Crippen molar-refractivity contribution in [2.45, 2.75) is 64.7 Å². The lowest BCUT2D eigenvalue weighted by Gasteiger charge is -2.23. The van der Waals surface area contributed by atoms with Crippen LogP contribution in [-0.2, 0) is 9.59 Å². The average Bonchev–Trinajstić information content (AvgIpc) is 2.45. The molecule has 0 saturated carbocycles.